The van der Waals surface area contributed by atoms with E-state index in [2.05, 4.69) is 16.9 Å². The van der Waals surface area contributed by atoms with Crippen LogP contribution < -0.4 is 0 Å². The van der Waals surface area contributed by atoms with Gasteiger partial charge in [-0.1, -0.05) is 13.3 Å². The predicted molar refractivity (Wildman–Crippen MR) is 50.3 cm³/mol. The first-order valence-corrected chi connectivity index (χ1v) is 5.01. The largest absolute Gasteiger partial charge is 0.388 e. The Labute approximate surface area is 78.2 Å². The Hall–Kier alpha value is -0.830. The monoisotopic (exact) mass is 180 g/mol. The number of hydrogen-bond acceptors (Lipinski definition) is 2. The molecule has 0 bridgehead atoms. The lowest BCUT2D eigenvalue weighted by atomic mass is 9.88. The van der Waals surface area contributed by atoms with Gasteiger partial charge in [0.1, 0.15) is 12.4 Å². The normalized spacial score (nSPS) is 21.5. The summed E-state index contributed by atoms with van der Waals surface area (Å²) in [5, 5.41) is 8.92. The Balaban J connectivity index is 2.19. The molecule has 13 heavy (non-hydrogen) atoms. The summed E-state index contributed by atoms with van der Waals surface area (Å²) in [6.45, 7) is 2.27. The van der Waals surface area contributed by atoms with Gasteiger partial charge in [-0.05, 0) is 25.2 Å². The summed E-state index contributed by atoms with van der Waals surface area (Å²) < 4.78 is 0. The number of hydrogen-bond donors (Lipinski definition) is 2. The number of nitrogens with one attached hydrogen (secondary N) is 1. The van der Waals surface area contributed by atoms with Crippen molar-refractivity contribution in [1.82, 2.24) is 9.97 Å². The highest BCUT2D eigenvalue weighted by Crippen LogP contribution is 2.25. The standard InChI is InChI=1S/C10H16N2O/c1-2-7-3-4-8-9(5-7)12-10(6-13)11-8/h7,13H,2-6H2,1H3,(H,11,12). The summed E-state index contributed by atoms with van der Waals surface area (Å²) in [5.74, 6) is 1.53. The van der Waals surface area contributed by atoms with Crippen LogP contribution >= 0.6 is 0 Å². The molecule has 0 radical (unpaired) electrons. The molecule has 1 aromatic rings. The number of aromatic amines is 1. The number of nitrogens with zero attached hydrogens (tertiary/aromatic N) is 1. The molecule has 2 N–H and O–H groups in total. The Kier molecular flexibility index (Phi) is 2.36. The number of aliphatic hydroxyl groups excluding tert-OH is 1. The van der Waals surface area contributed by atoms with Crippen molar-refractivity contribution >= 4 is 0 Å². The average Bonchev–Trinajstić information content (AvgIpc) is 2.58. The summed E-state index contributed by atoms with van der Waals surface area (Å²) >= 11 is 0. The van der Waals surface area contributed by atoms with E-state index in [1.54, 1.807) is 0 Å². The third kappa shape index (κ3) is 1.61. The molecule has 0 aliphatic heterocycles. The van der Waals surface area contributed by atoms with Crippen molar-refractivity contribution in [2.24, 2.45) is 5.92 Å². The molecular formula is C10H16N2O. The van der Waals surface area contributed by atoms with Gasteiger partial charge in [-0.25, -0.2) is 4.98 Å². The zero-order valence-electron chi connectivity index (χ0n) is 8.01. The van der Waals surface area contributed by atoms with Gasteiger partial charge in [0.15, 0.2) is 0 Å². The highest BCUT2D eigenvalue weighted by Gasteiger charge is 2.20. The van der Waals surface area contributed by atoms with E-state index < -0.39 is 0 Å². The predicted octanol–water partition coefficient (Wildman–Crippen LogP) is 1.42. The molecule has 1 aliphatic rings. The third-order valence-corrected chi connectivity index (χ3v) is 2.92. The van der Waals surface area contributed by atoms with Crippen LogP contribution in [-0.2, 0) is 19.4 Å². The molecule has 1 heterocycles. The average molecular weight is 180 g/mol. The second kappa shape index (κ2) is 3.50. The van der Waals surface area contributed by atoms with Crippen LogP contribution in [0.25, 0.3) is 0 Å². The van der Waals surface area contributed by atoms with E-state index in [9.17, 15) is 0 Å². The minimum Gasteiger partial charge on any atom is -0.388 e. The van der Waals surface area contributed by atoms with E-state index in [0.717, 1.165) is 24.6 Å². The summed E-state index contributed by atoms with van der Waals surface area (Å²) in [4.78, 5) is 7.52. The molecule has 3 nitrogen and oxygen atoms in total. The lowest BCUT2D eigenvalue weighted by molar-refractivity contribution is 0.272. The highest BCUT2D eigenvalue weighted by molar-refractivity contribution is 5.18. The Bertz CT molecular complexity index is 293. The second-order valence-electron chi connectivity index (χ2n) is 3.78. The maximum absolute atomic E-state index is 8.92. The molecule has 0 aromatic carbocycles. The van der Waals surface area contributed by atoms with Gasteiger partial charge in [-0.2, -0.15) is 0 Å². The summed E-state index contributed by atoms with van der Waals surface area (Å²) in [6.07, 6.45) is 4.68. The van der Waals surface area contributed by atoms with E-state index in [-0.39, 0.29) is 6.61 Å². The molecule has 0 saturated carbocycles. The van der Waals surface area contributed by atoms with E-state index in [1.165, 1.54) is 24.2 Å². The lowest BCUT2D eigenvalue weighted by Crippen LogP contribution is -2.12. The zero-order valence-corrected chi connectivity index (χ0v) is 8.01. The van der Waals surface area contributed by atoms with Crippen molar-refractivity contribution in [2.75, 3.05) is 0 Å². The van der Waals surface area contributed by atoms with Crippen LogP contribution in [-0.4, -0.2) is 15.1 Å². The van der Waals surface area contributed by atoms with Crippen molar-refractivity contribution in [3.05, 3.63) is 17.2 Å². The SMILES string of the molecule is CCC1CCc2nc(CO)[nH]c2C1. The molecule has 1 aromatic heterocycles. The first-order chi connectivity index (χ1) is 6.33. The number of H-pyrrole nitrogens is 1. The molecule has 72 valence electrons. The van der Waals surface area contributed by atoms with Crippen LogP contribution in [0.15, 0.2) is 0 Å². The third-order valence-electron chi connectivity index (χ3n) is 2.92. The van der Waals surface area contributed by atoms with Crippen molar-refractivity contribution < 1.29 is 5.11 Å². The number of rotatable bonds is 2. The van der Waals surface area contributed by atoms with E-state index >= 15 is 0 Å². The number of aliphatic hydroxyl groups is 1. The second-order valence-corrected chi connectivity index (χ2v) is 3.78. The fraction of sp³-hybridized carbons (Fsp3) is 0.700. The number of fused-ring (bicyclic) bond motifs is 1. The quantitative estimate of drug-likeness (QED) is 0.723. The number of aryl methyl sites for hydroxylation is 1. The summed E-state index contributed by atoms with van der Waals surface area (Å²) in [5.41, 5.74) is 2.43. The van der Waals surface area contributed by atoms with Crippen LogP contribution in [0.2, 0.25) is 0 Å². The maximum atomic E-state index is 8.92. The molecule has 1 atom stereocenters. The first kappa shape index (κ1) is 8.75. The fourth-order valence-electron chi connectivity index (χ4n) is 2.04. The highest BCUT2D eigenvalue weighted by atomic mass is 16.3. The van der Waals surface area contributed by atoms with Crippen LogP contribution in [0.4, 0.5) is 0 Å². The van der Waals surface area contributed by atoms with Crippen LogP contribution in [0, 0.1) is 5.92 Å². The summed E-state index contributed by atoms with van der Waals surface area (Å²) in [6, 6.07) is 0. The van der Waals surface area contributed by atoms with Crippen molar-refractivity contribution in [2.45, 2.75) is 39.2 Å². The van der Waals surface area contributed by atoms with E-state index in [0.29, 0.717) is 0 Å². The van der Waals surface area contributed by atoms with Crippen LogP contribution in [0.5, 0.6) is 0 Å². The van der Waals surface area contributed by atoms with Gasteiger partial charge in [0.2, 0.25) is 0 Å². The number of aromatic nitrogens is 2. The molecule has 0 spiro atoms. The van der Waals surface area contributed by atoms with Gasteiger partial charge in [0, 0.05) is 5.69 Å². The van der Waals surface area contributed by atoms with Crippen molar-refractivity contribution in [3.8, 4) is 0 Å². The van der Waals surface area contributed by atoms with Gasteiger partial charge in [0.05, 0.1) is 5.69 Å². The van der Waals surface area contributed by atoms with E-state index in [1.807, 2.05) is 0 Å². The molecule has 1 unspecified atom stereocenters. The van der Waals surface area contributed by atoms with Crippen LogP contribution in [0.1, 0.15) is 37.0 Å². The topological polar surface area (TPSA) is 48.9 Å². The van der Waals surface area contributed by atoms with Crippen molar-refractivity contribution in [1.29, 1.82) is 0 Å². The van der Waals surface area contributed by atoms with Gasteiger partial charge < -0.3 is 10.1 Å². The molecule has 0 fully saturated rings. The molecule has 3 heteroatoms. The molecule has 2 rings (SSSR count). The Morgan fingerprint density at radius 1 is 1.62 bits per heavy atom. The number of imidazole rings is 1. The Morgan fingerprint density at radius 3 is 3.15 bits per heavy atom. The van der Waals surface area contributed by atoms with Gasteiger partial charge in [-0.3, -0.25) is 0 Å². The zero-order chi connectivity index (χ0) is 9.26. The van der Waals surface area contributed by atoms with Gasteiger partial charge >= 0.3 is 0 Å². The molecule has 0 saturated heterocycles. The Morgan fingerprint density at radius 2 is 2.46 bits per heavy atom. The maximum Gasteiger partial charge on any atom is 0.132 e. The minimum atomic E-state index is 0.0315. The van der Waals surface area contributed by atoms with Gasteiger partial charge in [-0.15, -0.1) is 0 Å². The smallest absolute Gasteiger partial charge is 0.132 e. The minimum absolute atomic E-state index is 0.0315. The van der Waals surface area contributed by atoms with Crippen LogP contribution in [0.3, 0.4) is 0 Å². The van der Waals surface area contributed by atoms with E-state index in [4.69, 9.17) is 5.11 Å². The first-order valence-electron chi connectivity index (χ1n) is 5.01. The lowest BCUT2D eigenvalue weighted by Gasteiger charge is -2.19. The van der Waals surface area contributed by atoms with Crippen molar-refractivity contribution in [3.63, 3.8) is 0 Å². The molecule has 0 amide bonds. The molecular weight excluding hydrogens is 164 g/mol. The molecule has 1 aliphatic carbocycles. The van der Waals surface area contributed by atoms with Gasteiger partial charge in [0.25, 0.3) is 0 Å². The fourth-order valence-corrected chi connectivity index (χ4v) is 2.04. The summed E-state index contributed by atoms with van der Waals surface area (Å²) in [7, 11) is 0.